The van der Waals surface area contributed by atoms with Gasteiger partial charge in [0, 0.05) is 25.0 Å². The number of cyclic esters (lactones) is 1. The van der Waals surface area contributed by atoms with Crippen molar-refractivity contribution < 1.29 is 24.5 Å². The summed E-state index contributed by atoms with van der Waals surface area (Å²) < 4.78 is 5.84. The molecule has 0 saturated heterocycles. The maximum absolute atomic E-state index is 13.6. The molecule has 1 aliphatic rings. The summed E-state index contributed by atoms with van der Waals surface area (Å²) >= 11 is 0. The zero-order valence-electron chi connectivity index (χ0n) is 22.9. The molecule has 0 aliphatic carbocycles. The van der Waals surface area contributed by atoms with Crippen LogP contribution in [0.15, 0.2) is 41.6 Å². The second-order valence-electron chi connectivity index (χ2n) is 10.9. The van der Waals surface area contributed by atoms with Crippen LogP contribution < -0.4 is 0 Å². The third-order valence-electron chi connectivity index (χ3n) is 7.52. The van der Waals surface area contributed by atoms with Crippen LogP contribution in [-0.4, -0.2) is 45.3 Å². The molecule has 0 saturated carbocycles. The number of Topliss-reactive ketones (excluding diaryl/α,β-unsaturated/α-hetero) is 1. The Morgan fingerprint density at radius 3 is 2.68 bits per heavy atom. The number of aliphatic hydroxyl groups excluding tert-OH is 2. The number of hydrogen-bond acceptors (Lipinski definition) is 6. The van der Waals surface area contributed by atoms with E-state index in [4.69, 9.17) is 11.2 Å². The van der Waals surface area contributed by atoms with Crippen molar-refractivity contribution in [1.29, 1.82) is 0 Å². The first kappa shape index (κ1) is 30.5. The van der Waals surface area contributed by atoms with Crippen molar-refractivity contribution in [3.05, 3.63) is 47.3 Å². The highest BCUT2D eigenvalue weighted by Gasteiger charge is 2.43. The van der Waals surface area contributed by atoms with Crippen molar-refractivity contribution in [2.75, 3.05) is 0 Å². The van der Waals surface area contributed by atoms with Gasteiger partial charge >= 0.3 is 5.97 Å². The molecule has 5 unspecified atom stereocenters. The fraction of sp³-hybridized carbons (Fsp3) is 0.581. The highest BCUT2D eigenvalue weighted by atomic mass is 16.5. The topological polar surface area (TPSA) is 96.7 Å². The molecule has 37 heavy (non-hydrogen) atoms. The number of terminal acetylenes is 1. The lowest BCUT2D eigenvalue weighted by Gasteiger charge is -2.36. The Kier molecular flexibility index (Phi) is 11.7. The minimum atomic E-state index is -1.27. The maximum Gasteiger partial charge on any atom is 0.309 e. The molecular weight excluding hydrogens is 466 g/mol. The van der Waals surface area contributed by atoms with E-state index >= 15 is 0 Å². The van der Waals surface area contributed by atoms with E-state index in [1.807, 2.05) is 45.0 Å². The summed E-state index contributed by atoms with van der Waals surface area (Å²) in [4.78, 5) is 30.9. The minimum absolute atomic E-state index is 0.110. The highest BCUT2D eigenvalue weighted by molar-refractivity contribution is 5.88. The van der Waals surface area contributed by atoms with E-state index in [1.54, 1.807) is 20.0 Å². The first-order chi connectivity index (χ1) is 17.5. The summed E-state index contributed by atoms with van der Waals surface area (Å²) in [5.74, 6) is 0.865. The normalized spacial score (nSPS) is 30.1. The lowest BCUT2D eigenvalue weighted by molar-refractivity contribution is -0.154. The number of allylic oxidation sites excluding steroid dienone is 1. The third kappa shape index (κ3) is 8.94. The van der Waals surface area contributed by atoms with Gasteiger partial charge in [-0.3, -0.25) is 14.6 Å². The molecule has 2 rings (SSSR count). The SMILES string of the molecule is C#CCCC1C(=O)C(C)(C)C(O)CC(=O)OC(C(C)=Cc2ccccn2)C/C=C(\C)CCCC(C)C1O. The smallest absolute Gasteiger partial charge is 0.309 e. The van der Waals surface area contributed by atoms with Gasteiger partial charge in [0.15, 0.2) is 0 Å². The average Bonchev–Trinajstić information content (AvgIpc) is 2.86. The second-order valence-corrected chi connectivity index (χ2v) is 10.9. The summed E-state index contributed by atoms with van der Waals surface area (Å²) in [6.45, 7) is 9.13. The first-order valence-electron chi connectivity index (χ1n) is 13.3. The van der Waals surface area contributed by atoms with Gasteiger partial charge in [0.05, 0.1) is 29.7 Å². The van der Waals surface area contributed by atoms with E-state index in [-0.39, 0.29) is 18.1 Å². The lowest BCUT2D eigenvalue weighted by atomic mass is 9.71. The number of nitrogens with zero attached hydrogens (tertiary/aromatic N) is 1. The average molecular weight is 510 g/mol. The Hall–Kier alpha value is -2.75. The van der Waals surface area contributed by atoms with Gasteiger partial charge in [0.25, 0.3) is 0 Å². The van der Waals surface area contributed by atoms with Crippen LogP contribution in [0.4, 0.5) is 0 Å². The Labute approximate surface area is 222 Å². The molecule has 2 N–H and O–H groups in total. The molecule has 6 heteroatoms. The van der Waals surface area contributed by atoms with Gasteiger partial charge in [-0.05, 0) is 69.2 Å². The van der Waals surface area contributed by atoms with Crippen LogP contribution in [0.1, 0.15) is 85.3 Å². The van der Waals surface area contributed by atoms with Gasteiger partial charge < -0.3 is 14.9 Å². The number of rotatable bonds is 4. The van der Waals surface area contributed by atoms with Gasteiger partial charge in [-0.1, -0.05) is 38.5 Å². The summed E-state index contributed by atoms with van der Waals surface area (Å²) in [5.41, 5.74) is 1.51. The van der Waals surface area contributed by atoms with Crippen LogP contribution >= 0.6 is 0 Å². The summed E-state index contributed by atoms with van der Waals surface area (Å²) in [5, 5.41) is 22.1. The number of ether oxygens (including phenoxy) is 1. The van der Waals surface area contributed by atoms with Gasteiger partial charge in [0.2, 0.25) is 0 Å². The van der Waals surface area contributed by atoms with E-state index < -0.39 is 35.6 Å². The molecule has 0 radical (unpaired) electrons. The Balaban J connectivity index is 2.38. The van der Waals surface area contributed by atoms with Crippen LogP contribution in [0.3, 0.4) is 0 Å². The maximum atomic E-state index is 13.6. The number of carbonyl (C=O) groups excluding carboxylic acids is 2. The lowest BCUT2D eigenvalue weighted by Crippen LogP contribution is -2.46. The molecule has 1 aromatic heterocycles. The number of hydrogen-bond donors (Lipinski definition) is 2. The van der Waals surface area contributed by atoms with Gasteiger partial charge in [-0.2, -0.15) is 0 Å². The molecule has 6 nitrogen and oxygen atoms in total. The van der Waals surface area contributed by atoms with Crippen LogP contribution in [-0.2, 0) is 14.3 Å². The number of esters is 1. The second kappa shape index (κ2) is 14.3. The molecule has 2 heterocycles. The minimum Gasteiger partial charge on any atom is -0.457 e. The van der Waals surface area contributed by atoms with Crippen LogP contribution in [0, 0.1) is 29.6 Å². The first-order valence-corrected chi connectivity index (χ1v) is 13.3. The monoisotopic (exact) mass is 509 g/mol. The standard InChI is InChI=1S/C31H43NO5/c1-7-8-15-25-29(35)22(3)13-11-12-21(2)16-17-26(23(4)19-24-14-9-10-18-32-24)37-28(34)20-27(33)31(5,6)30(25)36/h1,9-10,14,16,18-19,22,25-27,29,33,35H,8,11-13,15,17,20H2,2-6H3/b21-16+,23-19?. The zero-order chi connectivity index (χ0) is 27.6. The molecule has 5 atom stereocenters. The quantitative estimate of drug-likeness (QED) is 0.325. The number of carbonyl (C=O) groups is 2. The number of ketones is 1. The fourth-order valence-corrected chi connectivity index (χ4v) is 4.75. The van der Waals surface area contributed by atoms with Crippen molar-refractivity contribution >= 4 is 17.8 Å². The Morgan fingerprint density at radius 2 is 2.03 bits per heavy atom. The van der Waals surface area contributed by atoms with E-state index in [2.05, 4.69) is 17.0 Å². The number of pyridine rings is 1. The summed E-state index contributed by atoms with van der Waals surface area (Å²) in [6.07, 6.45) is 11.8. The molecule has 0 aromatic carbocycles. The van der Waals surface area contributed by atoms with E-state index in [1.165, 1.54) is 5.57 Å². The molecule has 1 aliphatic heterocycles. The van der Waals surface area contributed by atoms with E-state index in [0.717, 1.165) is 30.5 Å². The van der Waals surface area contributed by atoms with Crippen LogP contribution in [0.25, 0.3) is 6.08 Å². The largest absolute Gasteiger partial charge is 0.457 e. The third-order valence-corrected chi connectivity index (χ3v) is 7.52. The summed E-state index contributed by atoms with van der Waals surface area (Å²) in [7, 11) is 0. The molecule has 0 spiro atoms. The van der Waals surface area contributed by atoms with Crippen molar-refractivity contribution in [1.82, 2.24) is 4.98 Å². The van der Waals surface area contributed by atoms with E-state index in [9.17, 15) is 19.8 Å². The predicted molar refractivity (Wildman–Crippen MR) is 146 cm³/mol. The molecule has 0 fully saturated rings. The Bertz CT molecular complexity index is 1000. The number of aromatic nitrogens is 1. The van der Waals surface area contributed by atoms with Crippen molar-refractivity contribution in [3.63, 3.8) is 0 Å². The zero-order valence-corrected chi connectivity index (χ0v) is 22.9. The molecule has 1 aromatic rings. The predicted octanol–water partition coefficient (Wildman–Crippen LogP) is 5.29. The fourth-order valence-electron chi connectivity index (χ4n) is 4.75. The number of aliphatic hydroxyl groups is 2. The molecule has 202 valence electrons. The van der Waals surface area contributed by atoms with Gasteiger partial charge in [-0.15, -0.1) is 12.3 Å². The van der Waals surface area contributed by atoms with Crippen molar-refractivity contribution in [2.24, 2.45) is 17.3 Å². The summed E-state index contributed by atoms with van der Waals surface area (Å²) in [6, 6.07) is 5.62. The van der Waals surface area contributed by atoms with Crippen molar-refractivity contribution in [2.45, 2.75) is 97.9 Å². The van der Waals surface area contributed by atoms with Gasteiger partial charge in [-0.25, -0.2) is 0 Å². The Morgan fingerprint density at radius 1 is 1.30 bits per heavy atom. The molecule has 0 amide bonds. The van der Waals surface area contributed by atoms with Crippen LogP contribution in [0.2, 0.25) is 0 Å². The van der Waals surface area contributed by atoms with Crippen molar-refractivity contribution in [3.8, 4) is 12.3 Å². The van der Waals surface area contributed by atoms with E-state index in [0.29, 0.717) is 19.3 Å². The molecule has 0 bridgehead atoms. The van der Waals surface area contributed by atoms with Crippen LogP contribution in [0.5, 0.6) is 0 Å². The molecular formula is C31H43NO5. The van der Waals surface area contributed by atoms with Gasteiger partial charge in [0.1, 0.15) is 11.9 Å². The highest BCUT2D eigenvalue weighted by Crippen LogP contribution is 2.34.